The van der Waals surface area contributed by atoms with E-state index in [0.29, 0.717) is 10.6 Å². The van der Waals surface area contributed by atoms with E-state index in [4.69, 9.17) is 9.47 Å². The maximum atomic E-state index is 12.4. The lowest BCUT2D eigenvalue weighted by Crippen LogP contribution is -2.16. The average Bonchev–Trinajstić information content (AvgIpc) is 2.91. The molecule has 0 aliphatic carbocycles. The molecule has 1 N–H and O–H groups in total. The van der Waals surface area contributed by atoms with Crippen molar-refractivity contribution in [2.45, 2.75) is 40.2 Å². The fourth-order valence-corrected chi connectivity index (χ4v) is 3.56. The monoisotopic (exact) mass is 389 g/mol. The summed E-state index contributed by atoms with van der Waals surface area (Å²) in [6.45, 7) is 7.02. The second-order valence-electron chi connectivity index (χ2n) is 6.15. The molecule has 1 heterocycles. The van der Waals surface area contributed by atoms with Gasteiger partial charge in [-0.15, -0.1) is 11.3 Å². The summed E-state index contributed by atoms with van der Waals surface area (Å²) in [6.07, 6.45) is -0.132. The third-order valence-corrected chi connectivity index (χ3v) is 4.80. The molecule has 0 saturated heterocycles. The standard InChI is InChI=1S/C20H23NO5S/c1-5-25-19(23)16-13(4)17(20(24)26-12(2)3)27-18(16)21-15(22)11-14-9-7-6-8-10-14/h6-10,12H,5,11H2,1-4H3,(H,21,22). The lowest BCUT2D eigenvalue weighted by atomic mass is 10.1. The van der Waals surface area contributed by atoms with Crippen molar-refractivity contribution in [2.24, 2.45) is 0 Å². The molecule has 0 bridgehead atoms. The molecule has 2 aromatic rings. The van der Waals surface area contributed by atoms with E-state index in [0.717, 1.165) is 16.9 Å². The molecule has 1 aromatic carbocycles. The highest BCUT2D eigenvalue weighted by Gasteiger charge is 2.27. The van der Waals surface area contributed by atoms with Gasteiger partial charge in [0, 0.05) is 0 Å². The number of esters is 2. The Morgan fingerprint density at radius 2 is 1.78 bits per heavy atom. The number of carbonyl (C=O) groups is 3. The number of ether oxygens (including phenoxy) is 2. The number of thiophene rings is 1. The van der Waals surface area contributed by atoms with Gasteiger partial charge in [-0.05, 0) is 38.8 Å². The van der Waals surface area contributed by atoms with Crippen molar-refractivity contribution in [3.63, 3.8) is 0 Å². The van der Waals surface area contributed by atoms with Crippen molar-refractivity contribution < 1.29 is 23.9 Å². The molecule has 0 aliphatic heterocycles. The summed E-state index contributed by atoms with van der Waals surface area (Å²) in [5, 5.41) is 3.03. The molecule has 0 aliphatic rings. The van der Waals surface area contributed by atoms with Crippen LogP contribution >= 0.6 is 11.3 Å². The Labute approximate surface area is 162 Å². The largest absolute Gasteiger partial charge is 0.462 e. The van der Waals surface area contributed by atoms with E-state index in [-0.39, 0.29) is 35.5 Å². The van der Waals surface area contributed by atoms with Gasteiger partial charge in [0.15, 0.2) is 0 Å². The summed E-state index contributed by atoms with van der Waals surface area (Å²) in [6, 6.07) is 9.26. The van der Waals surface area contributed by atoms with Crippen LogP contribution in [0.4, 0.5) is 5.00 Å². The van der Waals surface area contributed by atoms with Crippen molar-refractivity contribution in [3.8, 4) is 0 Å². The molecular weight excluding hydrogens is 366 g/mol. The molecule has 2 rings (SSSR count). The van der Waals surface area contributed by atoms with Crippen LogP contribution in [0.15, 0.2) is 30.3 Å². The fourth-order valence-electron chi connectivity index (χ4n) is 2.46. The van der Waals surface area contributed by atoms with Gasteiger partial charge in [-0.1, -0.05) is 30.3 Å². The van der Waals surface area contributed by atoms with E-state index < -0.39 is 11.9 Å². The van der Waals surface area contributed by atoms with Gasteiger partial charge in [-0.25, -0.2) is 9.59 Å². The number of nitrogens with one attached hydrogen (secondary N) is 1. The molecule has 144 valence electrons. The predicted molar refractivity (Wildman–Crippen MR) is 104 cm³/mol. The summed E-state index contributed by atoms with van der Waals surface area (Å²) < 4.78 is 10.3. The number of rotatable bonds is 7. The Balaban J connectivity index is 2.31. The van der Waals surface area contributed by atoms with Gasteiger partial charge in [0.25, 0.3) is 0 Å². The van der Waals surface area contributed by atoms with Crippen LogP contribution in [0.25, 0.3) is 0 Å². The third kappa shape index (κ3) is 5.40. The first-order chi connectivity index (χ1) is 12.8. The minimum atomic E-state index is -0.579. The zero-order valence-electron chi connectivity index (χ0n) is 15.8. The van der Waals surface area contributed by atoms with Crippen LogP contribution in [0.3, 0.4) is 0 Å². The highest BCUT2D eigenvalue weighted by Crippen LogP contribution is 2.34. The molecule has 0 fully saturated rings. The van der Waals surface area contributed by atoms with Gasteiger partial charge in [0.1, 0.15) is 9.88 Å². The number of amides is 1. The SMILES string of the molecule is CCOC(=O)c1c(NC(=O)Cc2ccccc2)sc(C(=O)OC(C)C)c1C. The van der Waals surface area contributed by atoms with Crippen molar-refractivity contribution in [2.75, 3.05) is 11.9 Å². The van der Waals surface area contributed by atoms with E-state index in [1.165, 1.54) is 0 Å². The van der Waals surface area contributed by atoms with Crippen LogP contribution in [0.1, 0.15) is 51.9 Å². The van der Waals surface area contributed by atoms with Gasteiger partial charge in [-0.2, -0.15) is 0 Å². The zero-order valence-corrected chi connectivity index (χ0v) is 16.6. The van der Waals surface area contributed by atoms with Crippen LogP contribution in [0.2, 0.25) is 0 Å². The van der Waals surface area contributed by atoms with Gasteiger partial charge < -0.3 is 14.8 Å². The van der Waals surface area contributed by atoms with Crippen LogP contribution in [-0.2, 0) is 20.7 Å². The Morgan fingerprint density at radius 3 is 2.37 bits per heavy atom. The van der Waals surface area contributed by atoms with Crippen LogP contribution < -0.4 is 5.32 Å². The van der Waals surface area contributed by atoms with E-state index in [9.17, 15) is 14.4 Å². The van der Waals surface area contributed by atoms with Gasteiger partial charge in [0.05, 0.1) is 24.7 Å². The molecule has 0 radical (unpaired) electrons. The summed E-state index contributed by atoms with van der Waals surface area (Å²) in [7, 11) is 0. The van der Waals surface area contributed by atoms with Crippen LogP contribution in [0.5, 0.6) is 0 Å². The third-order valence-electron chi connectivity index (χ3n) is 3.61. The summed E-state index contributed by atoms with van der Waals surface area (Å²) in [4.78, 5) is 37.4. The fraction of sp³-hybridized carbons (Fsp3) is 0.350. The molecular formula is C20H23NO5S. The molecule has 1 aromatic heterocycles. The average molecular weight is 389 g/mol. The Kier molecular flexibility index (Phi) is 7.12. The predicted octanol–water partition coefficient (Wildman–Crippen LogP) is 3.98. The molecule has 0 saturated carbocycles. The quantitative estimate of drug-likeness (QED) is 0.725. The zero-order chi connectivity index (χ0) is 20.0. The molecule has 6 nitrogen and oxygen atoms in total. The first kappa shape index (κ1) is 20.6. The van der Waals surface area contributed by atoms with Crippen molar-refractivity contribution in [1.29, 1.82) is 0 Å². The van der Waals surface area contributed by atoms with Crippen molar-refractivity contribution >= 4 is 34.2 Å². The van der Waals surface area contributed by atoms with Crippen molar-refractivity contribution in [3.05, 3.63) is 51.9 Å². The Morgan fingerprint density at radius 1 is 1.11 bits per heavy atom. The number of anilines is 1. The van der Waals surface area contributed by atoms with E-state index >= 15 is 0 Å². The topological polar surface area (TPSA) is 81.7 Å². The van der Waals surface area contributed by atoms with Crippen LogP contribution in [0, 0.1) is 6.92 Å². The molecule has 1 amide bonds. The highest BCUT2D eigenvalue weighted by molar-refractivity contribution is 7.18. The minimum absolute atomic E-state index is 0.159. The Hall–Kier alpha value is -2.67. The maximum absolute atomic E-state index is 12.4. The number of carbonyl (C=O) groups excluding carboxylic acids is 3. The number of benzene rings is 1. The molecule has 7 heteroatoms. The van der Waals surface area contributed by atoms with Gasteiger partial charge in [0.2, 0.25) is 5.91 Å². The summed E-state index contributed by atoms with van der Waals surface area (Å²) >= 11 is 1.02. The van der Waals surface area contributed by atoms with Crippen LogP contribution in [-0.4, -0.2) is 30.6 Å². The second-order valence-corrected chi connectivity index (χ2v) is 7.17. The summed E-state index contributed by atoms with van der Waals surface area (Å²) in [5.41, 5.74) is 1.48. The van der Waals surface area contributed by atoms with Crippen molar-refractivity contribution in [1.82, 2.24) is 0 Å². The van der Waals surface area contributed by atoms with E-state index in [2.05, 4.69) is 5.32 Å². The van der Waals surface area contributed by atoms with Gasteiger partial charge in [-0.3, -0.25) is 4.79 Å². The van der Waals surface area contributed by atoms with E-state index in [1.54, 1.807) is 27.7 Å². The lowest BCUT2D eigenvalue weighted by molar-refractivity contribution is -0.115. The lowest BCUT2D eigenvalue weighted by Gasteiger charge is -2.07. The minimum Gasteiger partial charge on any atom is -0.462 e. The van der Waals surface area contributed by atoms with Gasteiger partial charge >= 0.3 is 11.9 Å². The molecule has 0 atom stereocenters. The molecule has 0 spiro atoms. The van der Waals surface area contributed by atoms with E-state index in [1.807, 2.05) is 30.3 Å². The number of hydrogen-bond acceptors (Lipinski definition) is 6. The smallest absolute Gasteiger partial charge is 0.348 e. The second kappa shape index (κ2) is 9.32. The first-order valence-electron chi connectivity index (χ1n) is 8.68. The maximum Gasteiger partial charge on any atom is 0.348 e. The molecule has 0 unspecified atom stereocenters. The first-order valence-corrected chi connectivity index (χ1v) is 9.50. The Bertz CT molecular complexity index is 826. The highest BCUT2D eigenvalue weighted by atomic mass is 32.1. The molecule has 27 heavy (non-hydrogen) atoms. The normalized spacial score (nSPS) is 10.6. The summed E-state index contributed by atoms with van der Waals surface area (Å²) in [5.74, 6) is -1.39. The number of hydrogen-bond donors (Lipinski definition) is 1.